The Morgan fingerprint density at radius 2 is 2.11 bits per heavy atom. The van der Waals surface area contributed by atoms with Crippen molar-refractivity contribution in [1.29, 1.82) is 0 Å². The number of anilines is 1. The van der Waals surface area contributed by atoms with Crippen LogP contribution in [0.15, 0.2) is 30.5 Å². The molecular weight excluding hydrogens is 271 g/mol. The van der Waals surface area contributed by atoms with Gasteiger partial charge in [-0.15, -0.1) is 0 Å². The minimum atomic E-state index is -0.500. The van der Waals surface area contributed by atoms with Gasteiger partial charge in [-0.2, -0.15) is 0 Å². The van der Waals surface area contributed by atoms with Gasteiger partial charge in [-0.1, -0.05) is 11.6 Å². The van der Waals surface area contributed by atoms with Crippen LogP contribution in [0.4, 0.5) is 10.1 Å². The van der Waals surface area contributed by atoms with Crippen LogP contribution in [-0.4, -0.2) is 19.1 Å². The summed E-state index contributed by atoms with van der Waals surface area (Å²) in [4.78, 5) is 4.05. The molecule has 0 atom stereocenters. The Balaban J connectivity index is 2.28. The number of aromatic nitrogens is 1. The maximum atomic E-state index is 13.5. The molecule has 19 heavy (non-hydrogen) atoms. The fraction of sp³-hybridized carbons (Fsp3) is 0.154. The molecule has 0 aliphatic heterocycles. The lowest BCUT2D eigenvalue weighted by molar-refractivity contribution is 0.382. The number of ether oxygens (including phenoxy) is 2. The van der Waals surface area contributed by atoms with Crippen LogP contribution in [-0.2, 0) is 0 Å². The molecule has 0 bridgehead atoms. The summed E-state index contributed by atoms with van der Waals surface area (Å²) in [6.07, 6.45) is 1.46. The van der Waals surface area contributed by atoms with Gasteiger partial charge in [-0.05, 0) is 18.2 Å². The number of pyridine rings is 1. The van der Waals surface area contributed by atoms with Crippen molar-refractivity contribution in [2.24, 2.45) is 0 Å². The molecule has 0 radical (unpaired) electrons. The molecule has 0 aliphatic carbocycles. The molecule has 2 rings (SSSR count). The number of nitrogens with zero attached hydrogens (tertiary/aromatic N) is 1. The number of methoxy groups -OCH3 is 1. The van der Waals surface area contributed by atoms with Crippen molar-refractivity contribution in [2.75, 3.05) is 19.5 Å². The third-order valence-corrected chi connectivity index (χ3v) is 2.63. The lowest BCUT2D eigenvalue weighted by Crippen LogP contribution is -1.96. The number of halogens is 2. The number of nitrogens with one attached hydrogen (secondary N) is 1. The zero-order valence-corrected chi connectivity index (χ0v) is 11.2. The first-order chi connectivity index (χ1) is 9.13. The van der Waals surface area contributed by atoms with Crippen molar-refractivity contribution >= 4 is 17.3 Å². The van der Waals surface area contributed by atoms with Crippen LogP contribution in [0.1, 0.15) is 0 Å². The molecule has 0 unspecified atom stereocenters. The maximum Gasteiger partial charge on any atom is 0.242 e. The van der Waals surface area contributed by atoms with Crippen LogP contribution >= 0.6 is 11.6 Å². The molecule has 0 fully saturated rings. The molecule has 6 heteroatoms. The van der Waals surface area contributed by atoms with Gasteiger partial charge in [0.25, 0.3) is 0 Å². The molecule has 0 saturated heterocycles. The molecule has 0 spiro atoms. The van der Waals surface area contributed by atoms with E-state index in [0.29, 0.717) is 22.3 Å². The lowest BCUT2D eigenvalue weighted by atomic mass is 10.3. The molecule has 1 heterocycles. The number of benzene rings is 1. The maximum absolute atomic E-state index is 13.5. The highest BCUT2D eigenvalue weighted by Crippen LogP contribution is 2.31. The molecule has 100 valence electrons. The second-order valence-corrected chi connectivity index (χ2v) is 4.09. The Kier molecular flexibility index (Phi) is 4.06. The van der Waals surface area contributed by atoms with E-state index in [-0.39, 0.29) is 5.75 Å². The Morgan fingerprint density at radius 3 is 2.74 bits per heavy atom. The third-order valence-electron chi connectivity index (χ3n) is 2.42. The first kappa shape index (κ1) is 13.4. The van der Waals surface area contributed by atoms with Crippen molar-refractivity contribution in [3.8, 4) is 17.4 Å². The van der Waals surface area contributed by atoms with Gasteiger partial charge in [0.05, 0.1) is 17.8 Å². The average Bonchev–Trinajstić information content (AvgIpc) is 2.41. The third kappa shape index (κ3) is 3.06. The van der Waals surface area contributed by atoms with Crippen LogP contribution in [0.3, 0.4) is 0 Å². The first-order valence-corrected chi connectivity index (χ1v) is 5.86. The van der Waals surface area contributed by atoms with E-state index >= 15 is 0 Å². The van der Waals surface area contributed by atoms with Crippen molar-refractivity contribution in [3.05, 3.63) is 41.3 Å². The van der Waals surface area contributed by atoms with Crippen LogP contribution in [0.25, 0.3) is 0 Å². The van der Waals surface area contributed by atoms with Crippen molar-refractivity contribution in [3.63, 3.8) is 0 Å². The fourth-order valence-corrected chi connectivity index (χ4v) is 1.67. The summed E-state index contributed by atoms with van der Waals surface area (Å²) in [6, 6.07) is 5.98. The normalized spacial score (nSPS) is 10.1. The van der Waals surface area contributed by atoms with E-state index in [2.05, 4.69) is 10.3 Å². The molecule has 1 aromatic heterocycles. The van der Waals surface area contributed by atoms with Crippen molar-refractivity contribution < 1.29 is 13.9 Å². The zero-order chi connectivity index (χ0) is 13.8. The summed E-state index contributed by atoms with van der Waals surface area (Å²) < 4.78 is 23.9. The summed E-state index contributed by atoms with van der Waals surface area (Å²) in [5.41, 5.74) is 0.615. The van der Waals surface area contributed by atoms with Gasteiger partial charge in [0.1, 0.15) is 5.75 Å². The molecular formula is C13H12ClFN2O2. The van der Waals surface area contributed by atoms with E-state index in [0.717, 1.165) is 0 Å². The number of rotatable bonds is 4. The van der Waals surface area contributed by atoms with Crippen LogP contribution in [0, 0.1) is 5.82 Å². The number of hydrogen-bond acceptors (Lipinski definition) is 4. The van der Waals surface area contributed by atoms with Gasteiger partial charge >= 0.3 is 0 Å². The summed E-state index contributed by atoms with van der Waals surface area (Å²) in [6.45, 7) is 0. The Bertz CT molecular complexity index is 593. The predicted molar refractivity (Wildman–Crippen MR) is 71.8 cm³/mol. The Labute approximate surface area is 115 Å². The van der Waals surface area contributed by atoms with Crippen molar-refractivity contribution in [1.82, 2.24) is 4.98 Å². The summed E-state index contributed by atoms with van der Waals surface area (Å²) in [5.74, 6) is 0.298. The smallest absolute Gasteiger partial charge is 0.242 e. The average molecular weight is 283 g/mol. The lowest BCUT2D eigenvalue weighted by Gasteiger charge is -2.10. The molecule has 1 N–H and O–H groups in total. The van der Waals surface area contributed by atoms with Crippen LogP contribution in [0.2, 0.25) is 5.02 Å². The van der Waals surface area contributed by atoms with Gasteiger partial charge < -0.3 is 14.8 Å². The quantitative estimate of drug-likeness (QED) is 0.928. The molecule has 0 aliphatic rings. The standard InChI is InChI=1S/C13H12ClFN2O2/c1-16-11-5-8(14)7-17-13(11)19-9-3-4-12(18-2)10(15)6-9/h3-7,16H,1-2H3. The summed E-state index contributed by atoms with van der Waals surface area (Å²) >= 11 is 5.83. The molecule has 2 aromatic rings. The van der Waals surface area contributed by atoms with E-state index in [1.807, 2.05) is 0 Å². The predicted octanol–water partition coefficient (Wildman–Crippen LogP) is 3.72. The summed E-state index contributed by atoms with van der Waals surface area (Å²) in [7, 11) is 3.12. The second kappa shape index (κ2) is 5.75. The van der Waals surface area contributed by atoms with Gasteiger partial charge in [-0.3, -0.25) is 0 Å². The molecule has 0 saturated carbocycles. The Morgan fingerprint density at radius 1 is 1.32 bits per heavy atom. The highest BCUT2D eigenvalue weighted by atomic mass is 35.5. The minimum absolute atomic E-state index is 0.158. The first-order valence-electron chi connectivity index (χ1n) is 5.48. The molecule has 1 aromatic carbocycles. The van der Waals surface area contributed by atoms with Gasteiger partial charge in [0.2, 0.25) is 5.88 Å². The second-order valence-electron chi connectivity index (χ2n) is 3.65. The highest BCUT2D eigenvalue weighted by Gasteiger charge is 2.09. The van der Waals surface area contributed by atoms with Gasteiger partial charge in [-0.25, -0.2) is 9.37 Å². The van der Waals surface area contributed by atoms with E-state index in [9.17, 15) is 4.39 Å². The monoisotopic (exact) mass is 282 g/mol. The topological polar surface area (TPSA) is 43.4 Å². The van der Waals surface area contributed by atoms with Crippen LogP contribution < -0.4 is 14.8 Å². The summed E-state index contributed by atoms with van der Waals surface area (Å²) in [5, 5.41) is 3.39. The fourth-order valence-electron chi connectivity index (χ4n) is 1.51. The Hall–Kier alpha value is -2.01. The van der Waals surface area contributed by atoms with Crippen molar-refractivity contribution in [2.45, 2.75) is 0 Å². The SMILES string of the molecule is CNc1cc(Cl)cnc1Oc1ccc(OC)c(F)c1. The van der Waals surface area contributed by atoms with E-state index in [1.54, 1.807) is 19.2 Å². The molecule has 0 amide bonds. The van der Waals surface area contributed by atoms with Gasteiger partial charge in [0.15, 0.2) is 11.6 Å². The van der Waals surface area contributed by atoms with E-state index < -0.39 is 5.82 Å². The zero-order valence-electron chi connectivity index (χ0n) is 10.4. The van der Waals surface area contributed by atoms with E-state index in [1.165, 1.54) is 25.4 Å². The number of hydrogen-bond donors (Lipinski definition) is 1. The minimum Gasteiger partial charge on any atom is -0.494 e. The van der Waals surface area contributed by atoms with Gasteiger partial charge in [0, 0.05) is 19.3 Å². The van der Waals surface area contributed by atoms with Crippen LogP contribution in [0.5, 0.6) is 17.4 Å². The highest BCUT2D eigenvalue weighted by molar-refractivity contribution is 6.30. The molecule has 4 nitrogen and oxygen atoms in total. The van der Waals surface area contributed by atoms with E-state index in [4.69, 9.17) is 21.1 Å². The largest absolute Gasteiger partial charge is 0.494 e.